The fourth-order valence-electron chi connectivity index (χ4n) is 4.85. The SMILES string of the molecule is O=C(Nc1cn(C(CO)CO)c2cccc(Br)c12)C1(C2CCCCCC2)COC1. The number of nitrogens with one attached hydrogen (secondary N) is 1. The van der Waals surface area contributed by atoms with E-state index < -0.39 is 11.5 Å². The minimum atomic E-state index is -0.458. The minimum absolute atomic E-state index is 0.0231. The van der Waals surface area contributed by atoms with Crippen molar-refractivity contribution in [2.75, 3.05) is 31.7 Å². The molecule has 0 spiro atoms. The number of aromatic nitrogens is 1. The molecule has 158 valence electrons. The number of anilines is 1. The molecule has 1 saturated heterocycles. The molecule has 2 aromatic rings. The van der Waals surface area contributed by atoms with E-state index in [1.807, 2.05) is 29.0 Å². The largest absolute Gasteiger partial charge is 0.394 e. The quantitative estimate of drug-likeness (QED) is 0.566. The molecule has 2 heterocycles. The molecule has 1 amide bonds. The lowest BCUT2D eigenvalue weighted by molar-refractivity contribution is -0.170. The Bertz CT molecular complexity index is 865. The lowest BCUT2D eigenvalue weighted by Gasteiger charge is -2.45. The highest BCUT2D eigenvalue weighted by Gasteiger charge is 2.51. The Balaban J connectivity index is 1.67. The van der Waals surface area contributed by atoms with Gasteiger partial charge in [0.15, 0.2) is 0 Å². The summed E-state index contributed by atoms with van der Waals surface area (Å²) < 4.78 is 8.25. The van der Waals surface area contributed by atoms with Crippen LogP contribution in [0.25, 0.3) is 10.9 Å². The molecule has 2 aliphatic rings. The molecular formula is C22H29BrN2O4. The molecule has 29 heavy (non-hydrogen) atoms. The van der Waals surface area contributed by atoms with Gasteiger partial charge in [-0.15, -0.1) is 0 Å². The molecule has 1 saturated carbocycles. The van der Waals surface area contributed by atoms with Crippen molar-refractivity contribution in [2.45, 2.75) is 44.6 Å². The van der Waals surface area contributed by atoms with Gasteiger partial charge >= 0.3 is 0 Å². The summed E-state index contributed by atoms with van der Waals surface area (Å²) in [6.45, 7) is 0.610. The molecule has 0 atom stereocenters. The van der Waals surface area contributed by atoms with Crippen LogP contribution in [0, 0.1) is 11.3 Å². The van der Waals surface area contributed by atoms with Gasteiger partial charge in [0, 0.05) is 16.1 Å². The number of aliphatic hydroxyl groups is 2. The van der Waals surface area contributed by atoms with Crippen molar-refractivity contribution in [3.63, 3.8) is 0 Å². The maximum atomic E-state index is 13.5. The fourth-order valence-corrected chi connectivity index (χ4v) is 5.42. The molecule has 0 radical (unpaired) electrons. The first-order chi connectivity index (χ1) is 14.1. The number of ether oxygens (including phenoxy) is 1. The van der Waals surface area contributed by atoms with Gasteiger partial charge < -0.3 is 24.8 Å². The van der Waals surface area contributed by atoms with Crippen molar-refractivity contribution in [3.8, 4) is 0 Å². The monoisotopic (exact) mass is 464 g/mol. The molecule has 0 unspecified atom stereocenters. The Kier molecular flexibility index (Phi) is 6.30. The summed E-state index contributed by atoms with van der Waals surface area (Å²) in [4.78, 5) is 13.5. The Morgan fingerprint density at radius 3 is 2.48 bits per heavy atom. The van der Waals surface area contributed by atoms with E-state index in [0.29, 0.717) is 24.8 Å². The van der Waals surface area contributed by atoms with E-state index in [-0.39, 0.29) is 19.1 Å². The summed E-state index contributed by atoms with van der Waals surface area (Å²) in [7, 11) is 0. The molecule has 2 fully saturated rings. The van der Waals surface area contributed by atoms with Crippen LogP contribution in [0.5, 0.6) is 0 Å². The van der Waals surface area contributed by atoms with Crippen molar-refractivity contribution in [1.29, 1.82) is 0 Å². The third-order valence-electron chi connectivity index (χ3n) is 6.68. The first kappa shape index (κ1) is 20.8. The summed E-state index contributed by atoms with van der Waals surface area (Å²) in [5, 5.41) is 23.4. The second-order valence-corrected chi connectivity index (χ2v) is 9.25. The maximum absolute atomic E-state index is 13.5. The number of fused-ring (bicyclic) bond motifs is 1. The van der Waals surface area contributed by atoms with Gasteiger partial charge in [0.1, 0.15) is 0 Å². The van der Waals surface area contributed by atoms with Gasteiger partial charge in [-0.1, -0.05) is 47.7 Å². The smallest absolute Gasteiger partial charge is 0.235 e. The number of nitrogens with zero attached hydrogens (tertiary/aromatic N) is 1. The second kappa shape index (κ2) is 8.76. The van der Waals surface area contributed by atoms with Gasteiger partial charge in [0.2, 0.25) is 5.91 Å². The minimum Gasteiger partial charge on any atom is -0.394 e. The van der Waals surface area contributed by atoms with Crippen molar-refractivity contribution >= 4 is 38.4 Å². The van der Waals surface area contributed by atoms with E-state index in [9.17, 15) is 15.0 Å². The summed E-state index contributed by atoms with van der Waals surface area (Å²) in [5.74, 6) is 0.383. The predicted octanol–water partition coefficient (Wildman–Crippen LogP) is 3.86. The van der Waals surface area contributed by atoms with Crippen LogP contribution in [0.4, 0.5) is 5.69 Å². The van der Waals surface area contributed by atoms with Gasteiger partial charge in [0.25, 0.3) is 0 Å². The van der Waals surface area contributed by atoms with Crippen LogP contribution in [-0.2, 0) is 9.53 Å². The van der Waals surface area contributed by atoms with Crippen LogP contribution in [0.3, 0.4) is 0 Å². The first-order valence-corrected chi connectivity index (χ1v) is 11.3. The number of halogens is 1. The van der Waals surface area contributed by atoms with Crippen LogP contribution in [0.2, 0.25) is 0 Å². The van der Waals surface area contributed by atoms with E-state index in [1.165, 1.54) is 25.7 Å². The zero-order valence-electron chi connectivity index (χ0n) is 16.6. The molecule has 7 heteroatoms. The lowest BCUT2D eigenvalue weighted by Crippen LogP contribution is -2.56. The highest BCUT2D eigenvalue weighted by Crippen LogP contribution is 2.45. The van der Waals surface area contributed by atoms with Crippen LogP contribution >= 0.6 is 15.9 Å². The van der Waals surface area contributed by atoms with Gasteiger partial charge in [-0.25, -0.2) is 0 Å². The molecular weight excluding hydrogens is 436 g/mol. The number of benzene rings is 1. The normalized spacial score (nSPS) is 19.9. The molecule has 1 aliphatic heterocycles. The standard InChI is InChI=1S/C22H29BrN2O4/c23-17-8-5-9-19-20(17)18(10-25(19)16(11-26)12-27)24-21(28)22(13-29-14-22)15-6-3-1-2-4-7-15/h5,8-10,15-16,26-27H,1-4,6-7,11-14H2,(H,24,28). The number of aliphatic hydroxyl groups excluding tert-OH is 2. The van der Waals surface area contributed by atoms with Crippen molar-refractivity contribution in [1.82, 2.24) is 4.57 Å². The number of carbonyl (C=O) groups is 1. The predicted molar refractivity (Wildman–Crippen MR) is 116 cm³/mol. The first-order valence-electron chi connectivity index (χ1n) is 10.5. The third kappa shape index (κ3) is 3.74. The van der Waals surface area contributed by atoms with Crippen molar-refractivity contribution in [2.24, 2.45) is 11.3 Å². The Morgan fingerprint density at radius 1 is 1.21 bits per heavy atom. The Morgan fingerprint density at radius 2 is 1.90 bits per heavy atom. The number of amides is 1. The third-order valence-corrected chi connectivity index (χ3v) is 7.34. The topological polar surface area (TPSA) is 83.7 Å². The summed E-state index contributed by atoms with van der Waals surface area (Å²) in [6, 6.07) is 5.32. The molecule has 1 aliphatic carbocycles. The van der Waals surface area contributed by atoms with Crippen molar-refractivity contribution < 1.29 is 19.7 Å². The van der Waals surface area contributed by atoms with Gasteiger partial charge in [-0.05, 0) is 30.9 Å². The molecule has 1 aromatic heterocycles. The molecule has 6 nitrogen and oxygen atoms in total. The van der Waals surface area contributed by atoms with Gasteiger partial charge in [-0.2, -0.15) is 0 Å². The summed E-state index contributed by atoms with van der Waals surface area (Å²) in [5.41, 5.74) is 1.10. The van der Waals surface area contributed by atoms with Crippen molar-refractivity contribution in [3.05, 3.63) is 28.9 Å². The fraction of sp³-hybridized carbons (Fsp3) is 0.591. The molecule has 3 N–H and O–H groups in total. The number of hydrogen-bond acceptors (Lipinski definition) is 4. The zero-order valence-corrected chi connectivity index (χ0v) is 18.2. The molecule has 1 aromatic carbocycles. The second-order valence-electron chi connectivity index (χ2n) is 8.39. The van der Waals surface area contributed by atoms with Gasteiger partial charge in [0.05, 0.1) is 49.1 Å². The molecule has 4 rings (SSSR count). The lowest BCUT2D eigenvalue weighted by atomic mass is 9.69. The zero-order chi connectivity index (χ0) is 20.4. The van der Waals surface area contributed by atoms with E-state index in [2.05, 4.69) is 21.2 Å². The van der Waals surface area contributed by atoms with Crippen LogP contribution < -0.4 is 5.32 Å². The Labute approximate surface area is 179 Å². The average molecular weight is 465 g/mol. The highest BCUT2D eigenvalue weighted by molar-refractivity contribution is 9.10. The average Bonchev–Trinajstić information content (AvgIpc) is 2.86. The highest BCUT2D eigenvalue weighted by atomic mass is 79.9. The van der Waals surface area contributed by atoms with Gasteiger partial charge in [-0.3, -0.25) is 4.79 Å². The number of carbonyl (C=O) groups excluding carboxylic acids is 1. The van der Waals surface area contributed by atoms with E-state index in [0.717, 1.165) is 28.2 Å². The van der Waals surface area contributed by atoms with Crippen LogP contribution in [0.15, 0.2) is 28.9 Å². The number of rotatable bonds is 6. The van der Waals surface area contributed by atoms with E-state index >= 15 is 0 Å². The number of hydrogen-bond donors (Lipinski definition) is 3. The Hall–Kier alpha value is -1.41. The summed E-state index contributed by atoms with van der Waals surface area (Å²) >= 11 is 3.60. The van der Waals surface area contributed by atoms with E-state index in [4.69, 9.17) is 4.74 Å². The maximum Gasteiger partial charge on any atom is 0.235 e. The van der Waals surface area contributed by atoms with E-state index in [1.54, 1.807) is 0 Å². The molecule has 0 bridgehead atoms. The van der Waals surface area contributed by atoms with Crippen LogP contribution in [0.1, 0.15) is 44.6 Å². The summed E-state index contributed by atoms with van der Waals surface area (Å²) in [6.07, 6.45) is 8.85. The van der Waals surface area contributed by atoms with Crippen LogP contribution in [-0.4, -0.2) is 47.1 Å².